The predicted molar refractivity (Wildman–Crippen MR) is 152 cm³/mol. The Hall–Kier alpha value is -0.221. The quantitative estimate of drug-likeness (QED) is 0.177. The summed E-state index contributed by atoms with van der Waals surface area (Å²) in [6.45, 7) is 18.1. The van der Waals surface area contributed by atoms with Gasteiger partial charge in [0, 0.05) is 17.1 Å². The summed E-state index contributed by atoms with van der Waals surface area (Å²) < 4.78 is 0. The summed E-state index contributed by atoms with van der Waals surface area (Å²) in [6.07, 6.45) is 10.6. The average molecular weight is 564 g/mol. The fourth-order valence-corrected chi connectivity index (χ4v) is 3.52. The van der Waals surface area contributed by atoms with Crippen molar-refractivity contribution in [2.24, 2.45) is 23.7 Å². The molecule has 4 fully saturated rings. The molecular weight excluding hydrogens is 515 g/mol. The van der Waals surface area contributed by atoms with E-state index in [0.717, 1.165) is 76.0 Å². The SMILES string of the molecule is CC1CC[N-]CC1.CC1CC[N-]CC1.CC1CC[N-]CC1.CC1CC[N-]CC1.N#C[S-].N#C[S-].[Mn]. The van der Waals surface area contributed by atoms with Crippen LogP contribution in [-0.4, -0.2) is 52.4 Å². The van der Waals surface area contributed by atoms with Gasteiger partial charge in [-0.3, -0.25) is 0 Å². The summed E-state index contributed by atoms with van der Waals surface area (Å²) in [5, 5.41) is 33.8. The van der Waals surface area contributed by atoms with E-state index in [9.17, 15) is 0 Å². The molecule has 0 aromatic carbocycles. The Balaban J connectivity index is -0.000000360. The van der Waals surface area contributed by atoms with Gasteiger partial charge in [0.1, 0.15) is 0 Å². The summed E-state index contributed by atoms with van der Waals surface area (Å²) in [4.78, 5) is 0. The molecule has 0 saturated carbocycles. The van der Waals surface area contributed by atoms with Crippen molar-refractivity contribution in [3.63, 3.8) is 0 Å². The third kappa shape index (κ3) is 33.8. The van der Waals surface area contributed by atoms with Crippen LogP contribution < -0.4 is 0 Å². The van der Waals surface area contributed by atoms with Crippen LogP contribution in [0.15, 0.2) is 0 Å². The van der Waals surface area contributed by atoms with E-state index in [1.165, 1.54) is 62.2 Å². The van der Waals surface area contributed by atoms with Crippen molar-refractivity contribution in [1.82, 2.24) is 0 Å². The maximum absolute atomic E-state index is 7.13. The minimum absolute atomic E-state index is 0. The number of hydrogen-bond donors (Lipinski definition) is 0. The van der Waals surface area contributed by atoms with Crippen LogP contribution in [0.1, 0.15) is 79.1 Å². The topological polar surface area (TPSA) is 104 Å². The summed E-state index contributed by atoms with van der Waals surface area (Å²) in [5.74, 6) is 3.77. The zero-order valence-electron chi connectivity index (χ0n) is 22.5. The Bertz CT molecular complexity index is 401. The second-order valence-electron chi connectivity index (χ2n) is 9.60. The Kier molecular flexibility index (Phi) is 35.7. The monoisotopic (exact) mass is 563 g/mol. The van der Waals surface area contributed by atoms with Gasteiger partial charge in [0.15, 0.2) is 0 Å². The first kappa shape index (κ1) is 39.3. The first-order valence-electron chi connectivity index (χ1n) is 13.0. The van der Waals surface area contributed by atoms with Gasteiger partial charge < -0.3 is 46.5 Å². The number of nitrogens with zero attached hydrogens (tertiary/aromatic N) is 6. The van der Waals surface area contributed by atoms with Crippen LogP contribution in [0.4, 0.5) is 0 Å². The number of hydrogen-bond acceptors (Lipinski definition) is 4. The zero-order chi connectivity index (χ0) is 25.9. The van der Waals surface area contributed by atoms with Gasteiger partial charge in [-0.25, -0.2) is 10.5 Å². The van der Waals surface area contributed by atoms with E-state index in [1.54, 1.807) is 0 Å². The minimum Gasteiger partial charge on any atom is -0.696 e. The standard InChI is InChI=1S/4C6H12N.2CHNS.Mn/c4*1-6-2-4-7-5-3-6;2*2-1-3;/h4*6H,2-5H2,1H3;2*3H;/q4*-1;;;/p-2. The minimum atomic E-state index is 0. The Morgan fingerprint density at radius 1 is 0.457 bits per heavy atom. The third-order valence-electron chi connectivity index (χ3n) is 6.24. The van der Waals surface area contributed by atoms with Crippen LogP contribution in [0.3, 0.4) is 0 Å². The molecule has 4 rings (SSSR count). The van der Waals surface area contributed by atoms with Gasteiger partial charge in [0.2, 0.25) is 0 Å². The van der Waals surface area contributed by atoms with Crippen molar-refractivity contribution in [2.45, 2.75) is 79.1 Å². The molecule has 0 bridgehead atoms. The zero-order valence-corrected chi connectivity index (χ0v) is 25.3. The van der Waals surface area contributed by atoms with Crippen molar-refractivity contribution in [1.29, 1.82) is 10.5 Å². The van der Waals surface area contributed by atoms with Crippen molar-refractivity contribution < 1.29 is 17.1 Å². The Labute approximate surface area is 239 Å². The van der Waals surface area contributed by atoms with Gasteiger partial charge in [-0.05, 0) is 23.7 Å². The smallest absolute Gasteiger partial charge is 0 e. The molecule has 4 saturated heterocycles. The summed E-state index contributed by atoms with van der Waals surface area (Å²) >= 11 is 7.40. The van der Waals surface area contributed by atoms with Crippen LogP contribution in [0.2, 0.25) is 0 Å². The van der Waals surface area contributed by atoms with Gasteiger partial charge in [0.25, 0.3) is 0 Å². The van der Waals surface area contributed by atoms with Gasteiger partial charge >= 0.3 is 0 Å². The molecule has 0 aromatic heterocycles. The van der Waals surface area contributed by atoms with Gasteiger partial charge in [0.05, 0.1) is 0 Å². The average Bonchev–Trinajstić information content (AvgIpc) is 2.83. The van der Waals surface area contributed by atoms with Gasteiger partial charge in [-0.2, -0.15) is 0 Å². The number of rotatable bonds is 0. The molecular formula is C26H48MnN6S2-6. The molecule has 4 heterocycles. The van der Waals surface area contributed by atoms with Crippen LogP contribution in [0.25, 0.3) is 21.3 Å². The third-order valence-corrected chi connectivity index (χ3v) is 6.24. The number of nitriles is 2. The largest absolute Gasteiger partial charge is 0.696 e. The van der Waals surface area contributed by atoms with Gasteiger partial charge in [-0.1, -0.05) is 89.9 Å². The van der Waals surface area contributed by atoms with E-state index in [2.05, 4.69) is 74.2 Å². The molecule has 4 aliphatic rings. The maximum atomic E-state index is 7.13. The fraction of sp³-hybridized carbons (Fsp3) is 0.923. The second-order valence-corrected chi connectivity index (χ2v) is 9.96. The van der Waals surface area contributed by atoms with Crippen LogP contribution in [0.5, 0.6) is 0 Å². The molecule has 6 nitrogen and oxygen atoms in total. The molecule has 9 heteroatoms. The summed E-state index contributed by atoms with van der Waals surface area (Å²) in [6, 6.07) is 0. The van der Waals surface area contributed by atoms with E-state index < -0.39 is 0 Å². The molecule has 4 aliphatic heterocycles. The summed E-state index contributed by atoms with van der Waals surface area (Å²) in [7, 11) is 0. The Morgan fingerprint density at radius 2 is 0.571 bits per heavy atom. The van der Waals surface area contributed by atoms with Crippen LogP contribution >= 0.6 is 0 Å². The van der Waals surface area contributed by atoms with Crippen molar-refractivity contribution in [2.75, 3.05) is 52.4 Å². The predicted octanol–water partition coefficient (Wildman–Crippen LogP) is 7.19. The molecule has 207 valence electrons. The normalized spacial score (nSPS) is 20.6. The Morgan fingerprint density at radius 3 is 0.629 bits per heavy atom. The van der Waals surface area contributed by atoms with Crippen LogP contribution in [0, 0.1) is 45.0 Å². The van der Waals surface area contributed by atoms with E-state index in [0.29, 0.717) is 0 Å². The molecule has 0 aliphatic carbocycles. The van der Waals surface area contributed by atoms with Crippen molar-refractivity contribution in [3.05, 3.63) is 21.3 Å². The molecule has 0 spiro atoms. The molecule has 35 heavy (non-hydrogen) atoms. The van der Waals surface area contributed by atoms with E-state index in [1.807, 2.05) is 0 Å². The van der Waals surface area contributed by atoms with Crippen LogP contribution in [-0.2, 0) is 42.3 Å². The van der Waals surface area contributed by atoms with Gasteiger partial charge in [-0.15, -0.1) is 52.4 Å². The molecule has 0 amide bonds. The molecule has 0 unspecified atom stereocenters. The number of thiocyanates is 2. The molecule has 1 radical (unpaired) electrons. The first-order valence-corrected chi connectivity index (χ1v) is 13.8. The second kappa shape index (κ2) is 31.8. The van der Waals surface area contributed by atoms with E-state index in [4.69, 9.17) is 10.5 Å². The molecule has 0 atom stereocenters. The number of piperidine rings is 4. The van der Waals surface area contributed by atoms with Crippen molar-refractivity contribution in [3.8, 4) is 10.8 Å². The first-order chi connectivity index (χ1) is 16.4. The maximum Gasteiger partial charge on any atom is 0 e. The molecule has 0 N–H and O–H groups in total. The van der Waals surface area contributed by atoms with E-state index >= 15 is 0 Å². The van der Waals surface area contributed by atoms with E-state index in [-0.39, 0.29) is 17.1 Å². The molecule has 0 aromatic rings. The summed E-state index contributed by atoms with van der Waals surface area (Å²) in [5.41, 5.74) is 0. The fourth-order valence-electron chi connectivity index (χ4n) is 3.52. The van der Waals surface area contributed by atoms with Crippen molar-refractivity contribution >= 4 is 25.3 Å².